The second kappa shape index (κ2) is 5.23. The highest BCUT2D eigenvalue weighted by Crippen LogP contribution is 2.15. The number of nitrogens with zero attached hydrogens (tertiary/aromatic N) is 3. The molecule has 0 aliphatic carbocycles. The quantitative estimate of drug-likeness (QED) is 0.811. The summed E-state index contributed by atoms with van der Waals surface area (Å²) in [5, 5.41) is 3.32. The number of piperazine rings is 1. The zero-order chi connectivity index (χ0) is 12.3. The average molecular weight is 234 g/mol. The van der Waals surface area contributed by atoms with Crippen LogP contribution in [0.1, 0.15) is 24.3 Å². The van der Waals surface area contributed by atoms with Crippen LogP contribution < -0.4 is 5.32 Å². The van der Waals surface area contributed by atoms with Crippen LogP contribution in [0.25, 0.3) is 0 Å². The molecule has 1 atom stereocenters. The van der Waals surface area contributed by atoms with Crippen molar-refractivity contribution in [3.63, 3.8) is 0 Å². The number of hydrogen-bond acceptors (Lipinski definition) is 4. The summed E-state index contributed by atoms with van der Waals surface area (Å²) in [5.41, 5.74) is 0.431. The van der Waals surface area contributed by atoms with Crippen molar-refractivity contribution in [3.05, 3.63) is 24.3 Å². The molecule has 2 rings (SSSR count). The molecule has 2 heterocycles. The fourth-order valence-corrected chi connectivity index (χ4v) is 2.13. The van der Waals surface area contributed by atoms with Crippen LogP contribution in [0.15, 0.2) is 18.6 Å². The van der Waals surface area contributed by atoms with E-state index in [0.29, 0.717) is 11.6 Å². The van der Waals surface area contributed by atoms with E-state index in [0.717, 1.165) is 19.6 Å². The highest BCUT2D eigenvalue weighted by Gasteiger charge is 2.29. The standard InChI is InChI=1S/C12H18N4O/c1-9(2)11-8-14-5-6-16(11)12(17)10-7-13-3-4-15-10/h3-4,7,9,11,14H,5-6,8H2,1-2H3. The van der Waals surface area contributed by atoms with Crippen molar-refractivity contribution in [2.75, 3.05) is 19.6 Å². The minimum atomic E-state index is -0.0155. The normalized spacial score (nSPS) is 20.6. The molecule has 1 saturated heterocycles. The van der Waals surface area contributed by atoms with Crippen LogP contribution in [-0.2, 0) is 0 Å². The van der Waals surface area contributed by atoms with Crippen molar-refractivity contribution < 1.29 is 4.79 Å². The van der Waals surface area contributed by atoms with Gasteiger partial charge in [-0.2, -0.15) is 0 Å². The van der Waals surface area contributed by atoms with Crippen molar-refractivity contribution in [2.45, 2.75) is 19.9 Å². The molecule has 1 aromatic heterocycles. The smallest absolute Gasteiger partial charge is 0.274 e. The summed E-state index contributed by atoms with van der Waals surface area (Å²) in [4.78, 5) is 22.2. The van der Waals surface area contributed by atoms with E-state index >= 15 is 0 Å². The van der Waals surface area contributed by atoms with Crippen molar-refractivity contribution in [2.24, 2.45) is 5.92 Å². The van der Waals surface area contributed by atoms with Crippen molar-refractivity contribution >= 4 is 5.91 Å². The maximum absolute atomic E-state index is 12.3. The lowest BCUT2D eigenvalue weighted by Crippen LogP contribution is -2.55. The first-order valence-electron chi connectivity index (χ1n) is 5.98. The summed E-state index contributed by atoms with van der Waals surface area (Å²) in [6, 6.07) is 0.234. The van der Waals surface area contributed by atoms with Crippen LogP contribution in [0, 0.1) is 5.92 Å². The van der Waals surface area contributed by atoms with E-state index in [1.165, 1.54) is 6.20 Å². The third kappa shape index (κ3) is 2.61. The number of nitrogens with one attached hydrogen (secondary N) is 1. The molecule has 5 nitrogen and oxygen atoms in total. The van der Waals surface area contributed by atoms with E-state index in [1.807, 2.05) is 4.90 Å². The van der Waals surface area contributed by atoms with Gasteiger partial charge >= 0.3 is 0 Å². The Balaban J connectivity index is 2.17. The van der Waals surface area contributed by atoms with Gasteiger partial charge in [0.25, 0.3) is 5.91 Å². The summed E-state index contributed by atoms with van der Waals surface area (Å²) in [7, 11) is 0. The Morgan fingerprint density at radius 1 is 1.53 bits per heavy atom. The second-order valence-corrected chi connectivity index (χ2v) is 4.60. The Morgan fingerprint density at radius 3 is 3.00 bits per heavy atom. The highest BCUT2D eigenvalue weighted by molar-refractivity contribution is 5.92. The topological polar surface area (TPSA) is 58.1 Å². The number of carbonyl (C=O) groups is 1. The lowest BCUT2D eigenvalue weighted by atomic mass is 10.0. The maximum Gasteiger partial charge on any atom is 0.274 e. The van der Waals surface area contributed by atoms with E-state index in [1.54, 1.807) is 12.4 Å². The molecule has 1 aliphatic heterocycles. The minimum Gasteiger partial charge on any atom is -0.331 e. The molecule has 1 N–H and O–H groups in total. The lowest BCUT2D eigenvalue weighted by Gasteiger charge is -2.38. The summed E-state index contributed by atoms with van der Waals surface area (Å²) in [5.74, 6) is 0.418. The molecule has 5 heteroatoms. The van der Waals surface area contributed by atoms with Crippen LogP contribution in [0.4, 0.5) is 0 Å². The largest absolute Gasteiger partial charge is 0.331 e. The molecule has 0 aromatic carbocycles. The number of carbonyl (C=O) groups excluding carboxylic acids is 1. The first-order valence-corrected chi connectivity index (χ1v) is 5.98. The maximum atomic E-state index is 12.3. The zero-order valence-electron chi connectivity index (χ0n) is 10.3. The summed E-state index contributed by atoms with van der Waals surface area (Å²) in [6.45, 7) is 6.69. The summed E-state index contributed by atoms with van der Waals surface area (Å²) in [6.07, 6.45) is 4.66. The molecule has 0 spiro atoms. The molecule has 92 valence electrons. The molecule has 0 radical (unpaired) electrons. The van der Waals surface area contributed by atoms with Gasteiger partial charge in [-0.05, 0) is 5.92 Å². The Hall–Kier alpha value is -1.49. The third-order valence-corrected chi connectivity index (χ3v) is 3.10. The monoisotopic (exact) mass is 234 g/mol. The van der Waals surface area contributed by atoms with Gasteiger partial charge in [0, 0.05) is 38.1 Å². The van der Waals surface area contributed by atoms with Crippen LogP contribution in [0.2, 0.25) is 0 Å². The third-order valence-electron chi connectivity index (χ3n) is 3.10. The number of hydrogen-bond donors (Lipinski definition) is 1. The van der Waals surface area contributed by atoms with Gasteiger partial charge in [0.2, 0.25) is 0 Å². The average Bonchev–Trinajstić information content (AvgIpc) is 2.39. The Kier molecular flexibility index (Phi) is 3.68. The van der Waals surface area contributed by atoms with Crippen molar-refractivity contribution in [1.82, 2.24) is 20.2 Å². The molecular formula is C12H18N4O. The van der Waals surface area contributed by atoms with E-state index < -0.39 is 0 Å². The molecule has 0 bridgehead atoms. The first-order chi connectivity index (χ1) is 8.20. The van der Waals surface area contributed by atoms with Crippen molar-refractivity contribution in [3.8, 4) is 0 Å². The van der Waals surface area contributed by atoms with Crippen LogP contribution in [0.3, 0.4) is 0 Å². The van der Waals surface area contributed by atoms with Gasteiger partial charge in [0.15, 0.2) is 0 Å². The van der Waals surface area contributed by atoms with E-state index in [9.17, 15) is 4.79 Å². The van der Waals surface area contributed by atoms with E-state index in [-0.39, 0.29) is 11.9 Å². The second-order valence-electron chi connectivity index (χ2n) is 4.60. The van der Waals surface area contributed by atoms with Crippen molar-refractivity contribution in [1.29, 1.82) is 0 Å². The molecule has 0 saturated carbocycles. The van der Waals surface area contributed by atoms with Crippen LogP contribution >= 0.6 is 0 Å². The fraction of sp³-hybridized carbons (Fsp3) is 0.583. The Morgan fingerprint density at radius 2 is 2.35 bits per heavy atom. The highest BCUT2D eigenvalue weighted by atomic mass is 16.2. The zero-order valence-corrected chi connectivity index (χ0v) is 10.3. The molecule has 1 fully saturated rings. The number of amides is 1. The lowest BCUT2D eigenvalue weighted by molar-refractivity contribution is 0.0567. The van der Waals surface area contributed by atoms with Gasteiger partial charge < -0.3 is 10.2 Å². The Bertz CT molecular complexity index is 379. The predicted molar refractivity (Wildman–Crippen MR) is 64.6 cm³/mol. The van der Waals surface area contributed by atoms with E-state index in [2.05, 4.69) is 29.1 Å². The van der Waals surface area contributed by atoms with Gasteiger partial charge in [0.05, 0.1) is 6.20 Å². The Labute approximate surface area is 101 Å². The van der Waals surface area contributed by atoms with Crippen LogP contribution in [-0.4, -0.2) is 46.5 Å². The van der Waals surface area contributed by atoms with Gasteiger partial charge in [-0.3, -0.25) is 9.78 Å². The fourth-order valence-electron chi connectivity index (χ4n) is 2.13. The minimum absolute atomic E-state index is 0.0155. The first kappa shape index (κ1) is 12.0. The summed E-state index contributed by atoms with van der Waals surface area (Å²) < 4.78 is 0. The predicted octanol–water partition coefficient (Wildman–Crippen LogP) is 0.547. The molecule has 17 heavy (non-hydrogen) atoms. The van der Waals surface area contributed by atoms with Gasteiger partial charge in [-0.25, -0.2) is 4.98 Å². The van der Waals surface area contributed by atoms with Gasteiger partial charge in [0.1, 0.15) is 5.69 Å². The molecule has 1 amide bonds. The van der Waals surface area contributed by atoms with E-state index in [4.69, 9.17) is 0 Å². The number of aromatic nitrogens is 2. The van der Waals surface area contributed by atoms with Gasteiger partial charge in [-0.15, -0.1) is 0 Å². The van der Waals surface area contributed by atoms with Gasteiger partial charge in [-0.1, -0.05) is 13.8 Å². The SMILES string of the molecule is CC(C)C1CNCCN1C(=O)c1cnccn1. The molecule has 1 aliphatic rings. The number of rotatable bonds is 2. The molecule has 1 unspecified atom stereocenters. The molecule has 1 aromatic rings. The van der Waals surface area contributed by atoms with Crippen LogP contribution in [0.5, 0.6) is 0 Å². The molecular weight excluding hydrogens is 216 g/mol. The summed E-state index contributed by atoms with van der Waals surface area (Å²) >= 11 is 0.